The van der Waals surface area contributed by atoms with Gasteiger partial charge in [0.15, 0.2) is 0 Å². The van der Waals surface area contributed by atoms with Gasteiger partial charge in [0.2, 0.25) is 0 Å². The Balaban J connectivity index is 0.771. The SMILES string of the molecule is C1=CCCC(N2C3CCC(C4C=CC5C(C4)C4CC(C6C=CC7C(C6)C6CCC=CC6N7C6=CC=CCC6)C=CC4N5C4=CC5=C(CC4)C4CCC=CC4S5)C=C3C3CCC=CC32)=C1. The topological polar surface area (TPSA) is 9.72 Å². The van der Waals surface area contributed by atoms with Crippen LogP contribution in [-0.4, -0.2) is 56.2 Å². The summed E-state index contributed by atoms with van der Waals surface area (Å²) < 4.78 is 0. The van der Waals surface area contributed by atoms with E-state index in [2.05, 4.69) is 148 Å². The van der Waals surface area contributed by atoms with Gasteiger partial charge in [-0.2, -0.15) is 0 Å². The molecule has 0 N–H and O–H groups in total. The van der Waals surface area contributed by atoms with E-state index in [0.29, 0.717) is 71.1 Å². The minimum Gasteiger partial charge on any atom is -0.361 e. The first-order valence-corrected chi connectivity index (χ1v) is 27.5. The number of hydrogen-bond acceptors (Lipinski definition) is 4. The number of fused-ring (bicyclic) bond motifs is 11. The summed E-state index contributed by atoms with van der Waals surface area (Å²) in [6.07, 6.45) is 73.6. The molecule has 332 valence electrons. The molecule has 0 saturated carbocycles. The molecule has 17 atom stereocenters. The fourth-order valence-electron chi connectivity index (χ4n) is 17.2. The molecule has 0 aromatic rings. The largest absolute Gasteiger partial charge is 0.361 e. The smallest absolute Gasteiger partial charge is 0.0542 e. The van der Waals surface area contributed by atoms with E-state index in [9.17, 15) is 0 Å². The summed E-state index contributed by atoms with van der Waals surface area (Å²) in [6, 6.07) is 3.40. The maximum Gasteiger partial charge on any atom is 0.0542 e. The number of allylic oxidation sites excluding steroid dienone is 18. The average molecular weight is 866 g/mol. The van der Waals surface area contributed by atoms with Crippen LogP contribution in [0.2, 0.25) is 0 Å². The highest BCUT2D eigenvalue weighted by atomic mass is 32.2. The van der Waals surface area contributed by atoms with Crippen molar-refractivity contribution in [2.45, 2.75) is 151 Å². The van der Waals surface area contributed by atoms with Gasteiger partial charge in [0.25, 0.3) is 0 Å². The van der Waals surface area contributed by atoms with E-state index >= 15 is 0 Å². The minimum absolute atomic E-state index is 0.531. The molecule has 4 heterocycles. The molecule has 3 nitrogen and oxygen atoms in total. The summed E-state index contributed by atoms with van der Waals surface area (Å²) in [5.41, 5.74) is 8.47. The molecule has 14 aliphatic rings. The van der Waals surface area contributed by atoms with Gasteiger partial charge in [-0.25, -0.2) is 0 Å². The second kappa shape index (κ2) is 16.0. The third-order valence-electron chi connectivity index (χ3n) is 19.9. The second-order valence-electron chi connectivity index (χ2n) is 22.7. The monoisotopic (exact) mass is 866 g/mol. The van der Waals surface area contributed by atoms with Crippen molar-refractivity contribution in [1.82, 2.24) is 14.7 Å². The normalized spacial score (nSPS) is 45.5. The zero-order valence-corrected chi connectivity index (χ0v) is 38.9. The van der Waals surface area contributed by atoms with Crippen molar-refractivity contribution in [1.29, 1.82) is 0 Å². The van der Waals surface area contributed by atoms with Crippen molar-refractivity contribution in [3.8, 4) is 0 Å². The Morgan fingerprint density at radius 3 is 1.73 bits per heavy atom. The summed E-state index contributed by atoms with van der Waals surface area (Å²) in [5, 5.41) is 0.678. The minimum atomic E-state index is 0.531. The molecule has 64 heavy (non-hydrogen) atoms. The van der Waals surface area contributed by atoms with Crippen LogP contribution in [0.3, 0.4) is 0 Å². The van der Waals surface area contributed by atoms with Crippen LogP contribution in [0.5, 0.6) is 0 Å². The van der Waals surface area contributed by atoms with Crippen LogP contribution in [0.4, 0.5) is 0 Å². The van der Waals surface area contributed by atoms with Gasteiger partial charge in [-0.15, -0.1) is 11.8 Å². The molecule has 4 heteroatoms. The third-order valence-corrected chi connectivity index (χ3v) is 21.3. The molecule has 10 aliphatic carbocycles. The summed E-state index contributed by atoms with van der Waals surface area (Å²) in [4.78, 5) is 10.5. The van der Waals surface area contributed by atoms with Crippen LogP contribution in [0.25, 0.3) is 0 Å². The fourth-order valence-corrected chi connectivity index (χ4v) is 18.7. The van der Waals surface area contributed by atoms with Crippen LogP contribution in [0.1, 0.15) is 109 Å². The molecule has 0 aromatic heterocycles. The lowest BCUT2D eigenvalue weighted by atomic mass is 9.64. The highest BCUT2D eigenvalue weighted by Gasteiger charge is 2.55. The quantitative estimate of drug-likeness (QED) is 0.255. The lowest BCUT2D eigenvalue weighted by molar-refractivity contribution is 0.191. The van der Waals surface area contributed by atoms with Crippen molar-refractivity contribution < 1.29 is 0 Å². The lowest BCUT2D eigenvalue weighted by Gasteiger charge is -2.41. The Bertz CT molecular complexity index is 2320. The summed E-state index contributed by atoms with van der Waals surface area (Å²) in [5.74, 6) is 7.18. The second-order valence-corrected chi connectivity index (χ2v) is 23.9. The number of rotatable bonds is 5. The number of hydrogen-bond donors (Lipinski definition) is 0. The van der Waals surface area contributed by atoms with Gasteiger partial charge in [-0.05, 0) is 186 Å². The van der Waals surface area contributed by atoms with E-state index in [4.69, 9.17) is 0 Å². The van der Waals surface area contributed by atoms with Gasteiger partial charge < -0.3 is 14.7 Å². The molecule has 3 fully saturated rings. The standard InChI is InChI=1S/C60H71N3S/c1-3-13-42(14-4-1)61-53-20-10-7-17-45(53)49-33-38(23-29-55(49)61)40-25-31-57-51(35-40)52-36-41(26-32-58(52)63(57)44-27-28-48-47-19-9-12-22-59(47)64-60(48)37-44)39-24-30-56-50(34-39)46-18-8-11-21-54(46)62(56)43-15-5-2-6-16-43/h1-3,5,10-13,15,20-23,25-26,29,31-32,34,37-41,45-47,49,51-59H,4,6-9,14,16-19,24,27-28,30,33,35-36H2. The van der Waals surface area contributed by atoms with Crippen molar-refractivity contribution in [3.63, 3.8) is 0 Å². The van der Waals surface area contributed by atoms with Crippen LogP contribution in [0, 0.1) is 59.2 Å². The highest BCUT2D eigenvalue weighted by Crippen LogP contribution is 2.58. The maximum atomic E-state index is 3.03. The summed E-state index contributed by atoms with van der Waals surface area (Å²) in [7, 11) is 0. The van der Waals surface area contributed by atoms with Gasteiger partial charge in [0, 0.05) is 33.2 Å². The summed E-state index contributed by atoms with van der Waals surface area (Å²) >= 11 is 2.20. The van der Waals surface area contributed by atoms with Gasteiger partial charge in [0.05, 0.1) is 36.3 Å². The lowest BCUT2D eigenvalue weighted by Crippen LogP contribution is -2.39. The van der Waals surface area contributed by atoms with E-state index in [1.54, 1.807) is 27.6 Å². The Morgan fingerprint density at radius 1 is 0.438 bits per heavy atom. The Labute approximate surface area is 389 Å². The Hall–Kier alpha value is -3.63. The molecule has 0 spiro atoms. The number of nitrogens with zero attached hydrogens (tertiary/aromatic N) is 3. The highest BCUT2D eigenvalue weighted by molar-refractivity contribution is 8.04. The molecular weight excluding hydrogens is 795 g/mol. The zero-order chi connectivity index (χ0) is 41.9. The van der Waals surface area contributed by atoms with Gasteiger partial charge in [-0.1, -0.05) is 109 Å². The molecule has 17 unspecified atom stereocenters. The molecule has 0 amide bonds. The van der Waals surface area contributed by atoms with Crippen molar-refractivity contribution >= 4 is 11.8 Å². The van der Waals surface area contributed by atoms with Gasteiger partial charge in [-0.3, -0.25) is 0 Å². The van der Waals surface area contributed by atoms with Crippen molar-refractivity contribution in [3.05, 3.63) is 155 Å². The zero-order valence-electron chi connectivity index (χ0n) is 38.1. The predicted molar refractivity (Wildman–Crippen MR) is 265 cm³/mol. The van der Waals surface area contributed by atoms with Crippen LogP contribution < -0.4 is 0 Å². The Kier molecular flexibility index (Phi) is 9.89. The van der Waals surface area contributed by atoms with E-state index in [1.165, 1.54) is 109 Å². The van der Waals surface area contributed by atoms with E-state index < -0.39 is 0 Å². The molecule has 14 rings (SSSR count). The molecule has 0 bridgehead atoms. The van der Waals surface area contributed by atoms with Crippen LogP contribution >= 0.6 is 11.8 Å². The van der Waals surface area contributed by atoms with Gasteiger partial charge >= 0.3 is 0 Å². The van der Waals surface area contributed by atoms with E-state index in [1.807, 2.05) is 5.57 Å². The average Bonchev–Trinajstić information content (AvgIpc) is 4.10. The van der Waals surface area contributed by atoms with E-state index in [-0.39, 0.29) is 0 Å². The third kappa shape index (κ3) is 6.32. The maximum absolute atomic E-state index is 3.03. The van der Waals surface area contributed by atoms with Gasteiger partial charge in [0.1, 0.15) is 0 Å². The molecule has 0 radical (unpaired) electrons. The fraction of sp³-hybridized carbons (Fsp3) is 0.567. The van der Waals surface area contributed by atoms with Crippen LogP contribution in [-0.2, 0) is 0 Å². The predicted octanol–water partition coefficient (Wildman–Crippen LogP) is 13.5. The number of thioether (sulfide) groups is 1. The molecule has 4 aliphatic heterocycles. The van der Waals surface area contributed by atoms with Crippen LogP contribution in [0.15, 0.2) is 155 Å². The first-order valence-electron chi connectivity index (χ1n) is 26.7. The summed E-state index contributed by atoms with van der Waals surface area (Å²) in [6.45, 7) is 0. The van der Waals surface area contributed by atoms with Crippen molar-refractivity contribution in [2.24, 2.45) is 59.2 Å². The van der Waals surface area contributed by atoms with E-state index in [0.717, 1.165) is 29.6 Å². The number of likely N-dealkylation sites (tertiary alicyclic amines) is 3. The Morgan fingerprint density at radius 2 is 1.03 bits per heavy atom. The molecular formula is C60H71N3S. The molecule has 3 saturated heterocycles. The molecule has 0 aromatic carbocycles. The first kappa shape index (κ1) is 39.5. The first-order chi connectivity index (χ1) is 31.7. The van der Waals surface area contributed by atoms with Crippen molar-refractivity contribution in [2.75, 3.05) is 0 Å².